The molecule has 17 heavy (non-hydrogen) atoms. The first-order valence-corrected chi connectivity index (χ1v) is 6.53. The molecule has 0 aliphatic heterocycles. The molecule has 0 saturated heterocycles. The third-order valence-electron chi connectivity index (χ3n) is 2.02. The van der Waals surface area contributed by atoms with Gasteiger partial charge in [0, 0.05) is 7.05 Å². The molecule has 0 radical (unpaired) electrons. The first-order valence-electron chi connectivity index (χ1n) is 5.05. The lowest BCUT2D eigenvalue weighted by atomic mass is 10.4. The Hall–Kier alpha value is -1.41. The highest BCUT2D eigenvalue weighted by Crippen LogP contribution is 2.07. The molecule has 7 nitrogen and oxygen atoms in total. The Labute approximate surface area is 99.8 Å². The maximum atomic E-state index is 11.9. The molecule has 0 aromatic carbocycles. The van der Waals surface area contributed by atoms with Crippen molar-refractivity contribution in [2.24, 2.45) is 7.05 Å². The topological polar surface area (TPSA) is 90.3 Å². The monoisotopic (exact) mass is 261 g/mol. The van der Waals surface area contributed by atoms with Crippen LogP contribution in [-0.2, 0) is 26.6 Å². The number of carbonyl (C=O) groups is 1. The van der Waals surface area contributed by atoms with Crippen LogP contribution in [0.5, 0.6) is 0 Å². The van der Waals surface area contributed by atoms with Crippen molar-refractivity contribution in [2.45, 2.75) is 24.9 Å². The molecular weight excluding hydrogens is 246 g/mol. The number of hydrogen-bond donors (Lipinski definition) is 1. The van der Waals surface area contributed by atoms with Gasteiger partial charge in [-0.05, 0) is 19.9 Å². The van der Waals surface area contributed by atoms with Crippen LogP contribution in [-0.4, -0.2) is 36.8 Å². The van der Waals surface area contributed by atoms with E-state index in [0.717, 1.165) is 0 Å². The molecule has 1 aromatic rings. The van der Waals surface area contributed by atoms with Crippen molar-refractivity contribution < 1.29 is 17.9 Å². The lowest BCUT2D eigenvalue weighted by Gasteiger charge is -2.12. The zero-order valence-electron chi connectivity index (χ0n) is 9.87. The van der Waals surface area contributed by atoms with Crippen LogP contribution in [0.3, 0.4) is 0 Å². The third-order valence-corrected chi connectivity index (χ3v) is 3.64. The maximum Gasteiger partial charge on any atom is 0.323 e. The summed E-state index contributed by atoms with van der Waals surface area (Å²) in [4.78, 5) is 11.3. The van der Waals surface area contributed by atoms with Gasteiger partial charge in [0.1, 0.15) is 6.04 Å². The van der Waals surface area contributed by atoms with Gasteiger partial charge in [-0.3, -0.25) is 9.48 Å². The van der Waals surface area contributed by atoms with E-state index >= 15 is 0 Å². The van der Waals surface area contributed by atoms with E-state index in [1.807, 2.05) is 0 Å². The molecule has 0 amide bonds. The predicted octanol–water partition coefficient (Wildman–Crippen LogP) is -0.350. The largest absolute Gasteiger partial charge is 0.465 e. The van der Waals surface area contributed by atoms with Gasteiger partial charge in [-0.15, -0.1) is 0 Å². The van der Waals surface area contributed by atoms with Crippen molar-refractivity contribution in [3.05, 3.63) is 12.3 Å². The molecular formula is C9H15N3O4S. The molecule has 0 spiro atoms. The Morgan fingerprint density at radius 3 is 2.76 bits per heavy atom. The summed E-state index contributed by atoms with van der Waals surface area (Å²) in [6.07, 6.45) is 1.36. The fraction of sp³-hybridized carbons (Fsp3) is 0.556. The number of carbonyl (C=O) groups excluding carboxylic acids is 1. The van der Waals surface area contributed by atoms with E-state index in [1.165, 1.54) is 30.9 Å². The van der Waals surface area contributed by atoms with Gasteiger partial charge in [0.2, 0.25) is 0 Å². The SMILES string of the molecule is CCOC(=O)C(C)NS(=O)(=O)c1ccnn1C. The fourth-order valence-corrected chi connectivity index (χ4v) is 2.55. The molecule has 1 atom stereocenters. The average Bonchev–Trinajstić information content (AvgIpc) is 2.64. The Bertz CT molecular complexity index is 494. The van der Waals surface area contributed by atoms with E-state index in [1.54, 1.807) is 6.92 Å². The summed E-state index contributed by atoms with van der Waals surface area (Å²) >= 11 is 0. The molecule has 1 N–H and O–H groups in total. The van der Waals surface area contributed by atoms with Crippen LogP contribution in [0.25, 0.3) is 0 Å². The molecule has 96 valence electrons. The summed E-state index contributed by atoms with van der Waals surface area (Å²) in [6.45, 7) is 3.28. The Kier molecular flexibility index (Phi) is 4.24. The van der Waals surface area contributed by atoms with Gasteiger partial charge in [0.25, 0.3) is 10.0 Å². The van der Waals surface area contributed by atoms with Gasteiger partial charge >= 0.3 is 5.97 Å². The second-order valence-electron chi connectivity index (χ2n) is 3.39. The first-order chi connectivity index (χ1) is 7.88. The number of aromatic nitrogens is 2. The highest BCUT2D eigenvalue weighted by molar-refractivity contribution is 7.89. The third kappa shape index (κ3) is 3.27. The highest BCUT2D eigenvalue weighted by atomic mass is 32.2. The number of rotatable bonds is 5. The van der Waals surface area contributed by atoms with Gasteiger partial charge in [0.15, 0.2) is 5.03 Å². The van der Waals surface area contributed by atoms with Crippen molar-refractivity contribution in [1.29, 1.82) is 0 Å². The summed E-state index contributed by atoms with van der Waals surface area (Å²) in [6, 6.07) is 0.412. The molecule has 1 unspecified atom stereocenters. The normalized spacial score (nSPS) is 13.4. The van der Waals surface area contributed by atoms with Crippen molar-refractivity contribution in [2.75, 3.05) is 6.61 Å². The lowest BCUT2D eigenvalue weighted by Crippen LogP contribution is -2.40. The van der Waals surface area contributed by atoms with Gasteiger partial charge < -0.3 is 4.74 Å². The molecule has 0 saturated carbocycles. The number of nitrogens with one attached hydrogen (secondary N) is 1. The number of esters is 1. The van der Waals surface area contributed by atoms with Crippen LogP contribution in [0.2, 0.25) is 0 Å². The van der Waals surface area contributed by atoms with Crippen LogP contribution in [0, 0.1) is 0 Å². The number of hydrogen-bond acceptors (Lipinski definition) is 5. The second-order valence-corrected chi connectivity index (χ2v) is 5.05. The minimum atomic E-state index is -3.76. The second kappa shape index (κ2) is 5.28. The smallest absolute Gasteiger partial charge is 0.323 e. The van der Waals surface area contributed by atoms with E-state index in [2.05, 4.69) is 9.82 Å². The van der Waals surface area contributed by atoms with E-state index in [-0.39, 0.29) is 11.6 Å². The van der Waals surface area contributed by atoms with Crippen molar-refractivity contribution >= 4 is 16.0 Å². The standard InChI is InChI=1S/C9H15N3O4S/c1-4-16-9(13)7(2)11-17(14,15)8-5-6-10-12(8)3/h5-7,11H,4H2,1-3H3. The molecule has 1 rings (SSSR count). The van der Waals surface area contributed by atoms with Crippen LogP contribution >= 0.6 is 0 Å². The lowest BCUT2D eigenvalue weighted by molar-refractivity contribution is -0.144. The maximum absolute atomic E-state index is 11.9. The van der Waals surface area contributed by atoms with Crippen LogP contribution in [0.4, 0.5) is 0 Å². The molecule has 0 bridgehead atoms. The van der Waals surface area contributed by atoms with E-state index in [9.17, 15) is 13.2 Å². The van der Waals surface area contributed by atoms with Crippen LogP contribution in [0.1, 0.15) is 13.8 Å². The number of ether oxygens (including phenoxy) is 1. The van der Waals surface area contributed by atoms with E-state index in [0.29, 0.717) is 0 Å². The number of sulfonamides is 1. The average molecular weight is 261 g/mol. The number of nitrogens with zero attached hydrogens (tertiary/aromatic N) is 2. The zero-order valence-corrected chi connectivity index (χ0v) is 10.7. The van der Waals surface area contributed by atoms with Crippen molar-refractivity contribution in [3.63, 3.8) is 0 Å². The van der Waals surface area contributed by atoms with Crippen molar-refractivity contribution in [1.82, 2.24) is 14.5 Å². The summed E-state index contributed by atoms with van der Waals surface area (Å²) in [5.74, 6) is -0.613. The van der Waals surface area contributed by atoms with Gasteiger partial charge in [-0.25, -0.2) is 8.42 Å². The summed E-state index contributed by atoms with van der Waals surface area (Å²) in [5.41, 5.74) is 0. The zero-order chi connectivity index (χ0) is 13.1. The molecule has 0 aliphatic rings. The molecule has 1 heterocycles. The Balaban J connectivity index is 2.81. The summed E-state index contributed by atoms with van der Waals surface area (Å²) in [7, 11) is -2.26. The Morgan fingerprint density at radius 1 is 1.65 bits per heavy atom. The van der Waals surface area contributed by atoms with Crippen molar-refractivity contribution in [3.8, 4) is 0 Å². The highest BCUT2D eigenvalue weighted by Gasteiger charge is 2.24. The minimum Gasteiger partial charge on any atom is -0.465 e. The molecule has 0 fully saturated rings. The van der Waals surface area contributed by atoms with E-state index in [4.69, 9.17) is 4.74 Å². The fourth-order valence-electron chi connectivity index (χ4n) is 1.23. The van der Waals surface area contributed by atoms with Crippen LogP contribution in [0.15, 0.2) is 17.3 Å². The summed E-state index contributed by atoms with van der Waals surface area (Å²) in [5, 5.41) is 3.75. The molecule has 1 aromatic heterocycles. The van der Waals surface area contributed by atoms with Crippen LogP contribution < -0.4 is 4.72 Å². The van der Waals surface area contributed by atoms with E-state index < -0.39 is 22.0 Å². The molecule has 0 aliphatic carbocycles. The van der Waals surface area contributed by atoms with Gasteiger partial charge in [0.05, 0.1) is 12.8 Å². The summed E-state index contributed by atoms with van der Waals surface area (Å²) < 4.78 is 31.8. The van der Waals surface area contributed by atoms with Gasteiger partial charge in [-0.1, -0.05) is 0 Å². The Morgan fingerprint density at radius 2 is 2.29 bits per heavy atom. The van der Waals surface area contributed by atoms with Gasteiger partial charge in [-0.2, -0.15) is 9.82 Å². The number of aryl methyl sites for hydroxylation is 1. The quantitative estimate of drug-likeness (QED) is 0.732. The molecule has 8 heteroatoms. The first kappa shape index (κ1) is 13.7. The predicted molar refractivity (Wildman–Crippen MR) is 59.6 cm³/mol. The minimum absolute atomic E-state index is 0.00588.